The minimum Gasteiger partial charge on any atom is -0.496 e. The molecule has 0 amide bonds. The number of benzene rings is 1. The quantitative estimate of drug-likeness (QED) is 0.662. The molecule has 3 aromatic rings. The molecule has 2 aliphatic heterocycles. The number of hydrogen-bond acceptors (Lipinski definition) is 8. The Kier molecular flexibility index (Phi) is 4.31. The molecule has 1 N–H and O–H groups in total. The van der Waals surface area contributed by atoms with E-state index in [4.69, 9.17) is 14.6 Å². The summed E-state index contributed by atoms with van der Waals surface area (Å²) in [6.45, 7) is 1.40. The van der Waals surface area contributed by atoms with Gasteiger partial charge in [0.05, 0.1) is 32.8 Å². The van der Waals surface area contributed by atoms with Crippen LogP contribution in [-0.4, -0.2) is 56.9 Å². The van der Waals surface area contributed by atoms with Gasteiger partial charge in [0.25, 0.3) is 0 Å². The fourth-order valence-electron chi connectivity index (χ4n) is 3.56. The number of ether oxygens (including phenoxy) is 2. The molecule has 1 aromatic carbocycles. The lowest BCUT2D eigenvalue weighted by molar-refractivity contribution is -0.137. The van der Waals surface area contributed by atoms with Gasteiger partial charge in [0.1, 0.15) is 24.2 Å². The van der Waals surface area contributed by atoms with Gasteiger partial charge in [0.2, 0.25) is 5.88 Å². The molecule has 0 saturated heterocycles. The number of carboxylic acid groups (broad SMARTS) is 1. The van der Waals surface area contributed by atoms with Crippen molar-refractivity contribution in [3.8, 4) is 22.8 Å². The topological polar surface area (TPSA) is 115 Å². The molecule has 5 rings (SSSR count). The van der Waals surface area contributed by atoms with Crippen molar-refractivity contribution in [2.24, 2.45) is 4.99 Å². The predicted molar refractivity (Wildman–Crippen MR) is 108 cm³/mol. The van der Waals surface area contributed by atoms with Gasteiger partial charge in [-0.2, -0.15) is 5.10 Å². The number of methoxy groups -OCH3 is 1. The van der Waals surface area contributed by atoms with E-state index < -0.39 is 5.97 Å². The summed E-state index contributed by atoms with van der Waals surface area (Å²) in [6.07, 6.45) is 4.99. The van der Waals surface area contributed by atoms with Crippen LogP contribution in [0.4, 0.5) is 11.5 Å². The van der Waals surface area contributed by atoms with Crippen LogP contribution < -0.4 is 14.4 Å². The van der Waals surface area contributed by atoms with E-state index in [9.17, 15) is 4.79 Å². The summed E-state index contributed by atoms with van der Waals surface area (Å²) in [5.41, 5.74) is 3.47. The van der Waals surface area contributed by atoms with Crippen molar-refractivity contribution in [1.82, 2.24) is 19.7 Å². The molecule has 0 spiro atoms. The molecule has 0 bridgehead atoms. The molecule has 10 heteroatoms. The number of anilines is 1. The lowest BCUT2D eigenvalue weighted by Gasteiger charge is -2.28. The van der Waals surface area contributed by atoms with Crippen LogP contribution >= 0.6 is 0 Å². The minimum atomic E-state index is -0.857. The Labute approximate surface area is 171 Å². The monoisotopic (exact) mass is 406 g/mol. The predicted octanol–water partition coefficient (Wildman–Crippen LogP) is 2.11. The third-order valence-electron chi connectivity index (χ3n) is 5.03. The zero-order valence-corrected chi connectivity index (χ0v) is 16.1. The summed E-state index contributed by atoms with van der Waals surface area (Å²) in [5.74, 6) is 1.81. The van der Waals surface area contributed by atoms with Crippen LogP contribution in [-0.2, 0) is 11.3 Å². The summed E-state index contributed by atoms with van der Waals surface area (Å²) in [5, 5.41) is 13.1. The van der Waals surface area contributed by atoms with E-state index in [1.165, 1.54) is 6.33 Å². The van der Waals surface area contributed by atoms with Gasteiger partial charge < -0.3 is 19.5 Å². The number of carbonyl (C=O) groups is 1. The lowest BCUT2D eigenvalue weighted by atomic mass is 10.1. The molecule has 0 saturated carbocycles. The van der Waals surface area contributed by atoms with Crippen molar-refractivity contribution in [1.29, 1.82) is 0 Å². The fraction of sp³-hybridized carbons (Fsp3) is 0.250. The third-order valence-corrected chi connectivity index (χ3v) is 5.03. The minimum absolute atomic E-state index is 0.0174. The first-order chi connectivity index (χ1) is 14.6. The molecule has 0 aliphatic carbocycles. The zero-order valence-electron chi connectivity index (χ0n) is 16.1. The fourth-order valence-corrected chi connectivity index (χ4v) is 3.56. The van der Waals surface area contributed by atoms with E-state index >= 15 is 0 Å². The largest absolute Gasteiger partial charge is 0.496 e. The van der Waals surface area contributed by atoms with E-state index in [1.54, 1.807) is 18.0 Å². The summed E-state index contributed by atoms with van der Waals surface area (Å²) in [4.78, 5) is 25.7. The van der Waals surface area contributed by atoms with Gasteiger partial charge in [0, 0.05) is 29.1 Å². The maximum atomic E-state index is 10.8. The van der Waals surface area contributed by atoms with Gasteiger partial charge in [-0.3, -0.25) is 9.48 Å². The molecular formula is C20H18N6O4. The van der Waals surface area contributed by atoms with Gasteiger partial charge in [-0.15, -0.1) is 0 Å². The summed E-state index contributed by atoms with van der Waals surface area (Å²) < 4.78 is 13.0. The molecule has 0 unspecified atom stereocenters. The molecule has 0 fully saturated rings. The molecule has 30 heavy (non-hydrogen) atoms. The Bertz CT molecular complexity index is 1170. The number of aliphatic imine (C=N–C) groups is 1. The van der Waals surface area contributed by atoms with Crippen molar-refractivity contribution in [2.75, 3.05) is 25.2 Å². The summed E-state index contributed by atoms with van der Waals surface area (Å²) in [7, 11) is 1.62. The van der Waals surface area contributed by atoms with Crippen LogP contribution in [0.25, 0.3) is 11.1 Å². The average molecular weight is 406 g/mol. The first-order valence-electron chi connectivity index (χ1n) is 9.41. The van der Waals surface area contributed by atoms with Gasteiger partial charge in [-0.05, 0) is 12.1 Å². The average Bonchev–Trinajstić information content (AvgIpc) is 3.12. The van der Waals surface area contributed by atoms with Crippen molar-refractivity contribution in [3.05, 3.63) is 42.5 Å². The number of nitrogens with zero attached hydrogens (tertiary/aromatic N) is 6. The van der Waals surface area contributed by atoms with Crippen molar-refractivity contribution in [2.45, 2.75) is 13.0 Å². The van der Waals surface area contributed by atoms with Crippen LogP contribution in [0.1, 0.15) is 12.0 Å². The highest BCUT2D eigenvalue weighted by molar-refractivity contribution is 6.20. The molecular weight excluding hydrogens is 388 g/mol. The van der Waals surface area contributed by atoms with Gasteiger partial charge >= 0.3 is 5.97 Å². The van der Waals surface area contributed by atoms with Crippen molar-refractivity contribution in [3.63, 3.8) is 0 Å². The number of aliphatic carboxylic acids is 1. The van der Waals surface area contributed by atoms with Crippen LogP contribution in [0.2, 0.25) is 0 Å². The second kappa shape index (κ2) is 7.14. The highest BCUT2D eigenvalue weighted by atomic mass is 16.5. The maximum absolute atomic E-state index is 10.8. The van der Waals surface area contributed by atoms with E-state index in [0.29, 0.717) is 37.1 Å². The number of carboxylic acids is 1. The van der Waals surface area contributed by atoms with Gasteiger partial charge in [-0.1, -0.05) is 0 Å². The Balaban J connectivity index is 1.44. The normalized spacial score (nSPS) is 14.2. The molecule has 10 nitrogen and oxygen atoms in total. The second-order valence-corrected chi connectivity index (χ2v) is 6.83. The highest BCUT2D eigenvalue weighted by Gasteiger charge is 2.34. The number of amidine groups is 1. The SMILES string of the molecule is COc1cc(N2CCOc3ncnc4c3C2=N4)ccc1-c1cnn(CCC(=O)O)c1. The van der Waals surface area contributed by atoms with Crippen LogP contribution in [0, 0.1) is 0 Å². The van der Waals surface area contributed by atoms with E-state index in [2.05, 4.69) is 25.0 Å². The second-order valence-electron chi connectivity index (χ2n) is 6.83. The van der Waals surface area contributed by atoms with Gasteiger partial charge in [-0.25, -0.2) is 15.0 Å². The Morgan fingerprint density at radius 3 is 3.07 bits per heavy atom. The van der Waals surface area contributed by atoms with E-state index in [0.717, 1.165) is 28.2 Å². The zero-order chi connectivity index (χ0) is 20.7. The first kappa shape index (κ1) is 18.1. The number of aryl methyl sites for hydroxylation is 1. The molecule has 2 aromatic heterocycles. The third kappa shape index (κ3) is 3.02. The smallest absolute Gasteiger partial charge is 0.305 e. The number of rotatable bonds is 6. The first-order valence-corrected chi connectivity index (χ1v) is 9.41. The molecule has 4 heterocycles. The number of hydrogen-bond donors (Lipinski definition) is 1. The van der Waals surface area contributed by atoms with E-state index in [-0.39, 0.29) is 6.42 Å². The summed E-state index contributed by atoms with van der Waals surface area (Å²) in [6, 6.07) is 5.89. The van der Waals surface area contributed by atoms with E-state index in [1.807, 2.05) is 24.4 Å². The summed E-state index contributed by atoms with van der Waals surface area (Å²) >= 11 is 0. The molecule has 0 atom stereocenters. The molecule has 152 valence electrons. The maximum Gasteiger partial charge on any atom is 0.305 e. The van der Waals surface area contributed by atoms with Crippen molar-refractivity contribution >= 4 is 23.3 Å². The Hall–Kier alpha value is -3.95. The van der Waals surface area contributed by atoms with Crippen LogP contribution in [0.5, 0.6) is 11.6 Å². The van der Waals surface area contributed by atoms with Gasteiger partial charge in [0.15, 0.2) is 11.7 Å². The van der Waals surface area contributed by atoms with Crippen LogP contribution in [0.15, 0.2) is 41.9 Å². The molecule has 2 aliphatic rings. The van der Waals surface area contributed by atoms with Crippen LogP contribution in [0.3, 0.4) is 0 Å². The Morgan fingerprint density at radius 2 is 2.23 bits per heavy atom. The standard InChI is InChI=1S/C20H18N6O4/c1-29-15-8-13(2-3-14(15)12-9-23-25(10-12)5-4-16(27)28)26-6-7-30-20-17-18(21-11-22-20)24-19(17)26/h2-3,8-11H,4-7H2,1H3,(H,27,28). The lowest BCUT2D eigenvalue weighted by Crippen LogP contribution is -2.35. The number of aromatic nitrogens is 4. The Morgan fingerprint density at radius 1 is 1.33 bits per heavy atom. The van der Waals surface area contributed by atoms with Crippen molar-refractivity contribution < 1.29 is 19.4 Å². The highest BCUT2D eigenvalue weighted by Crippen LogP contribution is 2.40. The molecule has 0 radical (unpaired) electrons.